The molecule has 1 heterocycles. The van der Waals surface area contributed by atoms with Gasteiger partial charge >= 0.3 is 16.1 Å². The number of rotatable bonds is 6. The van der Waals surface area contributed by atoms with Crippen LogP contribution < -0.4 is 14.4 Å². The number of benzene rings is 3. The van der Waals surface area contributed by atoms with Gasteiger partial charge in [0, 0.05) is 12.1 Å². The maximum absolute atomic E-state index is 13.0. The van der Waals surface area contributed by atoms with E-state index in [0.29, 0.717) is 4.90 Å². The summed E-state index contributed by atoms with van der Waals surface area (Å²) in [7, 11) is -4.16. The van der Waals surface area contributed by atoms with Crippen molar-refractivity contribution in [3.05, 3.63) is 99.1 Å². The quantitative estimate of drug-likeness (QED) is 0.167. The summed E-state index contributed by atoms with van der Waals surface area (Å²) >= 11 is 6.18. The Bertz CT molecular complexity index is 1550. The maximum atomic E-state index is 13.0. The highest BCUT2D eigenvalue weighted by Crippen LogP contribution is 2.30. The lowest BCUT2D eigenvalue weighted by Gasteiger charge is -2.26. The smallest absolute Gasteiger partial charge is 0.339 e. The van der Waals surface area contributed by atoms with Crippen LogP contribution in [0.5, 0.6) is 5.75 Å². The van der Waals surface area contributed by atoms with E-state index in [0.717, 1.165) is 12.1 Å². The molecule has 3 aromatic carbocycles. The molecule has 0 aromatic heterocycles. The standard InChI is InChI=1S/C23H14ClN3O8S/c24-19-12-14(9-10-20(19)35-36(33,34)17-7-2-1-3-8-17)11-18-21(28)25-23(30)26(22(18)29)15-5-4-6-16(13-15)27(31)32/h1-13H,(H,25,28,30)/b18-11+. The summed E-state index contributed by atoms with van der Waals surface area (Å²) in [5, 5.41) is 12.9. The highest BCUT2D eigenvalue weighted by Gasteiger charge is 2.37. The molecular weight excluding hydrogens is 514 g/mol. The van der Waals surface area contributed by atoms with E-state index in [1.165, 1.54) is 60.7 Å². The molecular formula is C23H14ClN3O8S. The normalized spacial score (nSPS) is 15.1. The number of barbiturate groups is 1. The van der Waals surface area contributed by atoms with E-state index < -0.39 is 38.5 Å². The number of nitrogens with one attached hydrogen (secondary N) is 1. The summed E-state index contributed by atoms with van der Waals surface area (Å²) in [6.07, 6.45) is 1.13. The molecule has 0 saturated carbocycles. The van der Waals surface area contributed by atoms with Gasteiger partial charge in [0.1, 0.15) is 10.5 Å². The number of carbonyl (C=O) groups is 3. The largest absolute Gasteiger partial charge is 0.377 e. The predicted molar refractivity (Wildman–Crippen MR) is 128 cm³/mol. The summed E-state index contributed by atoms with van der Waals surface area (Å²) in [6.45, 7) is 0. The van der Waals surface area contributed by atoms with Crippen molar-refractivity contribution in [2.75, 3.05) is 4.90 Å². The summed E-state index contributed by atoms with van der Waals surface area (Å²) < 4.78 is 30.0. The number of urea groups is 1. The SMILES string of the molecule is O=C1NC(=O)N(c2cccc([N+](=O)[O-])c2)C(=O)/C1=C/c1ccc(OS(=O)(=O)c2ccccc2)c(Cl)c1. The molecule has 11 nitrogen and oxygen atoms in total. The molecule has 36 heavy (non-hydrogen) atoms. The molecule has 1 saturated heterocycles. The third kappa shape index (κ3) is 4.94. The molecule has 1 fully saturated rings. The van der Waals surface area contributed by atoms with Crippen LogP contribution in [0.3, 0.4) is 0 Å². The highest BCUT2D eigenvalue weighted by molar-refractivity contribution is 7.87. The summed E-state index contributed by atoms with van der Waals surface area (Å²) in [5.41, 5.74) is -0.708. The molecule has 0 bridgehead atoms. The molecule has 1 aliphatic heterocycles. The Morgan fingerprint density at radius 2 is 1.69 bits per heavy atom. The minimum Gasteiger partial charge on any atom is -0.377 e. The van der Waals surface area contributed by atoms with Crippen molar-refractivity contribution in [1.29, 1.82) is 0 Å². The molecule has 3 aromatic rings. The fourth-order valence-corrected chi connectivity index (χ4v) is 4.47. The number of nitro benzene ring substituents is 1. The molecule has 1 aliphatic rings. The van der Waals surface area contributed by atoms with Crippen molar-refractivity contribution < 1.29 is 31.9 Å². The van der Waals surface area contributed by atoms with Crippen LogP contribution in [0.15, 0.2) is 83.3 Å². The molecule has 0 radical (unpaired) electrons. The monoisotopic (exact) mass is 527 g/mol. The first-order chi connectivity index (χ1) is 17.1. The Labute approximate surface area is 208 Å². The van der Waals surface area contributed by atoms with Crippen LogP contribution >= 0.6 is 11.6 Å². The number of nitro groups is 1. The number of hydrogen-bond donors (Lipinski definition) is 1. The average molecular weight is 528 g/mol. The van der Waals surface area contributed by atoms with Gasteiger partial charge in [-0.2, -0.15) is 8.42 Å². The minimum atomic E-state index is -4.16. The van der Waals surface area contributed by atoms with Crippen molar-refractivity contribution in [2.45, 2.75) is 4.90 Å². The minimum absolute atomic E-state index is 0.0809. The number of halogens is 1. The van der Waals surface area contributed by atoms with Crippen LogP contribution in [-0.2, 0) is 19.7 Å². The van der Waals surface area contributed by atoms with Crippen molar-refractivity contribution in [2.24, 2.45) is 0 Å². The van der Waals surface area contributed by atoms with E-state index in [4.69, 9.17) is 15.8 Å². The van der Waals surface area contributed by atoms with Crippen LogP contribution in [0.4, 0.5) is 16.2 Å². The van der Waals surface area contributed by atoms with E-state index in [-0.39, 0.29) is 32.6 Å². The van der Waals surface area contributed by atoms with Crippen LogP contribution in [0.25, 0.3) is 6.08 Å². The van der Waals surface area contributed by atoms with Crippen LogP contribution in [0.1, 0.15) is 5.56 Å². The third-order valence-electron chi connectivity index (χ3n) is 4.90. The van der Waals surface area contributed by atoms with Crippen LogP contribution in [-0.4, -0.2) is 31.2 Å². The van der Waals surface area contributed by atoms with Crippen molar-refractivity contribution in [1.82, 2.24) is 5.32 Å². The third-order valence-corrected chi connectivity index (χ3v) is 6.44. The van der Waals surface area contributed by atoms with E-state index in [1.807, 2.05) is 5.32 Å². The van der Waals surface area contributed by atoms with Gasteiger partial charge in [-0.3, -0.25) is 25.0 Å². The number of imide groups is 2. The molecule has 4 rings (SSSR count). The molecule has 0 atom stereocenters. The van der Waals surface area contributed by atoms with Gasteiger partial charge in [-0.1, -0.05) is 41.9 Å². The van der Waals surface area contributed by atoms with E-state index in [2.05, 4.69) is 0 Å². The molecule has 4 amide bonds. The lowest BCUT2D eigenvalue weighted by Crippen LogP contribution is -2.54. The Morgan fingerprint density at radius 3 is 2.36 bits per heavy atom. The zero-order valence-corrected chi connectivity index (χ0v) is 19.5. The number of non-ortho nitro benzene ring substituents is 1. The first-order valence-electron chi connectivity index (χ1n) is 10.0. The number of hydrogen-bond acceptors (Lipinski definition) is 8. The second kappa shape index (κ2) is 9.60. The van der Waals surface area contributed by atoms with Crippen molar-refractivity contribution in [3.8, 4) is 5.75 Å². The van der Waals surface area contributed by atoms with E-state index >= 15 is 0 Å². The van der Waals surface area contributed by atoms with E-state index in [9.17, 15) is 32.9 Å². The number of anilines is 1. The number of carbonyl (C=O) groups excluding carboxylic acids is 3. The van der Waals surface area contributed by atoms with Gasteiger partial charge in [0.25, 0.3) is 17.5 Å². The van der Waals surface area contributed by atoms with Crippen molar-refractivity contribution >= 4 is 57.0 Å². The van der Waals surface area contributed by atoms with Gasteiger partial charge < -0.3 is 4.18 Å². The summed E-state index contributed by atoms with van der Waals surface area (Å²) in [5.74, 6) is -2.20. The molecule has 0 spiro atoms. The number of nitrogens with zero attached hydrogens (tertiary/aromatic N) is 2. The summed E-state index contributed by atoms with van der Waals surface area (Å²) in [4.78, 5) is 48.6. The van der Waals surface area contributed by atoms with Gasteiger partial charge in [0.2, 0.25) is 0 Å². The van der Waals surface area contributed by atoms with E-state index in [1.54, 1.807) is 6.07 Å². The first kappa shape index (κ1) is 24.6. The molecule has 182 valence electrons. The average Bonchev–Trinajstić information content (AvgIpc) is 2.84. The highest BCUT2D eigenvalue weighted by atomic mass is 35.5. The van der Waals surface area contributed by atoms with Gasteiger partial charge in [0.15, 0.2) is 5.75 Å². The predicted octanol–water partition coefficient (Wildman–Crippen LogP) is 3.68. The zero-order chi connectivity index (χ0) is 26.0. The van der Waals surface area contributed by atoms with Gasteiger partial charge in [-0.05, 0) is 42.0 Å². The van der Waals surface area contributed by atoms with Gasteiger partial charge in [0.05, 0.1) is 15.6 Å². The molecule has 1 N–H and O–H groups in total. The molecule has 0 aliphatic carbocycles. The maximum Gasteiger partial charge on any atom is 0.339 e. The number of amides is 4. The van der Waals surface area contributed by atoms with Gasteiger partial charge in [-0.15, -0.1) is 0 Å². The lowest BCUT2D eigenvalue weighted by molar-refractivity contribution is -0.384. The zero-order valence-electron chi connectivity index (χ0n) is 18.0. The molecule has 0 unspecified atom stereocenters. The Morgan fingerprint density at radius 1 is 0.972 bits per heavy atom. The fourth-order valence-electron chi connectivity index (χ4n) is 3.23. The second-order valence-corrected chi connectivity index (χ2v) is 9.23. The fraction of sp³-hybridized carbons (Fsp3) is 0. The van der Waals surface area contributed by atoms with Crippen LogP contribution in [0.2, 0.25) is 5.02 Å². The summed E-state index contributed by atoms with van der Waals surface area (Å²) in [6, 6.07) is 15.0. The van der Waals surface area contributed by atoms with Crippen LogP contribution in [0, 0.1) is 10.1 Å². The van der Waals surface area contributed by atoms with Crippen molar-refractivity contribution in [3.63, 3.8) is 0 Å². The Balaban J connectivity index is 1.64. The van der Waals surface area contributed by atoms with Gasteiger partial charge in [-0.25, -0.2) is 9.69 Å². The lowest BCUT2D eigenvalue weighted by atomic mass is 10.1. The Kier molecular flexibility index (Phi) is 6.55. The molecule has 13 heteroatoms. The first-order valence-corrected chi connectivity index (χ1v) is 11.8. The topological polar surface area (TPSA) is 153 Å². The Hall–Kier alpha value is -4.55. The second-order valence-electron chi connectivity index (χ2n) is 7.28.